The molecular formula is C22H23ClFN3O2. The van der Waals surface area contributed by atoms with Gasteiger partial charge in [0.15, 0.2) is 0 Å². The third-order valence-corrected chi connectivity index (χ3v) is 5.26. The van der Waals surface area contributed by atoms with E-state index in [4.69, 9.17) is 16.6 Å². The van der Waals surface area contributed by atoms with Gasteiger partial charge in [-0.3, -0.25) is 14.2 Å². The lowest BCUT2D eigenvalue weighted by Crippen LogP contribution is -2.35. The van der Waals surface area contributed by atoms with Crippen molar-refractivity contribution in [3.8, 4) is 5.69 Å². The van der Waals surface area contributed by atoms with Crippen molar-refractivity contribution in [2.75, 3.05) is 7.05 Å². The lowest BCUT2D eigenvalue weighted by molar-refractivity contribution is -0.132. The van der Waals surface area contributed by atoms with Crippen LogP contribution in [0.2, 0.25) is 5.02 Å². The smallest absolute Gasteiger partial charge is 0.266 e. The lowest BCUT2D eigenvalue weighted by atomic mass is 10.1. The van der Waals surface area contributed by atoms with E-state index in [0.29, 0.717) is 35.3 Å². The van der Waals surface area contributed by atoms with E-state index < -0.39 is 11.9 Å². The molecule has 2 aromatic carbocycles. The van der Waals surface area contributed by atoms with Gasteiger partial charge in [-0.05, 0) is 43.2 Å². The van der Waals surface area contributed by atoms with Crippen LogP contribution in [0.4, 0.5) is 4.39 Å². The molecule has 0 fully saturated rings. The molecule has 0 saturated carbocycles. The summed E-state index contributed by atoms with van der Waals surface area (Å²) >= 11 is 5.98. The molecule has 1 aromatic heterocycles. The number of carbonyl (C=O) groups is 1. The van der Waals surface area contributed by atoms with Crippen LogP contribution in [0.5, 0.6) is 0 Å². The highest BCUT2D eigenvalue weighted by atomic mass is 35.5. The standard InChI is InChI=1S/C22H23ClFN3O2/c1-4-8-20(28)26(3)19(5-2)21-25-18-10-7-6-9-15(18)22(29)27(21)14-11-12-17(24)16(23)13-14/h6-7,9-13,19H,4-5,8H2,1-3H3. The fourth-order valence-corrected chi connectivity index (χ4v) is 3.62. The predicted molar refractivity (Wildman–Crippen MR) is 113 cm³/mol. The molecule has 152 valence electrons. The molecule has 0 N–H and O–H groups in total. The predicted octanol–water partition coefficient (Wildman–Crippen LogP) is 4.89. The Hall–Kier alpha value is -2.73. The molecule has 1 unspecified atom stereocenters. The van der Waals surface area contributed by atoms with Crippen molar-refractivity contribution >= 4 is 28.4 Å². The Kier molecular flexibility index (Phi) is 6.33. The van der Waals surface area contributed by atoms with Crippen molar-refractivity contribution in [3.05, 3.63) is 69.5 Å². The van der Waals surface area contributed by atoms with Gasteiger partial charge in [-0.15, -0.1) is 0 Å². The van der Waals surface area contributed by atoms with Crippen LogP contribution in [0.3, 0.4) is 0 Å². The zero-order valence-electron chi connectivity index (χ0n) is 16.7. The molecule has 29 heavy (non-hydrogen) atoms. The van der Waals surface area contributed by atoms with Crippen LogP contribution in [0.25, 0.3) is 16.6 Å². The monoisotopic (exact) mass is 415 g/mol. The molecule has 1 amide bonds. The van der Waals surface area contributed by atoms with E-state index in [1.54, 1.807) is 30.1 Å². The molecule has 0 bridgehead atoms. The van der Waals surface area contributed by atoms with Crippen LogP contribution >= 0.6 is 11.6 Å². The number of amides is 1. The van der Waals surface area contributed by atoms with E-state index >= 15 is 0 Å². The van der Waals surface area contributed by atoms with Gasteiger partial charge in [0.2, 0.25) is 5.91 Å². The van der Waals surface area contributed by atoms with E-state index in [0.717, 1.165) is 6.42 Å². The normalized spacial score (nSPS) is 12.2. The average molecular weight is 416 g/mol. The molecule has 3 aromatic rings. The fourth-order valence-electron chi connectivity index (χ4n) is 3.44. The average Bonchev–Trinajstić information content (AvgIpc) is 2.71. The van der Waals surface area contributed by atoms with E-state index in [2.05, 4.69) is 0 Å². The van der Waals surface area contributed by atoms with E-state index in [1.165, 1.54) is 22.8 Å². The molecule has 1 atom stereocenters. The minimum atomic E-state index is -0.568. The van der Waals surface area contributed by atoms with Crippen LogP contribution in [0.1, 0.15) is 45.0 Å². The maximum Gasteiger partial charge on any atom is 0.266 e. The van der Waals surface area contributed by atoms with E-state index in [9.17, 15) is 14.0 Å². The van der Waals surface area contributed by atoms with Gasteiger partial charge in [-0.25, -0.2) is 9.37 Å². The Bertz CT molecular complexity index is 1110. The minimum Gasteiger partial charge on any atom is -0.336 e. The summed E-state index contributed by atoms with van der Waals surface area (Å²) in [7, 11) is 1.72. The second-order valence-corrected chi connectivity index (χ2v) is 7.31. The highest BCUT2D eigenvalue weighted by molar-refractivity contribution is 6.30. The van der Waals surface area contributed by atoms with Crippen molar-refractivity contribution < 1.29 is 9.18 Å². The number of carbonyl (C=O) groups excluding carboxylic acids is 1. The zero-order valence-corrected chi connectivity index (χ0v) is 17.4. The number of hydrogen-bond acceptors (Lipinski definition) is 3. The summed E-state index contributed by atoms with van der Waals surface area (Å²) in [6.45, 7) is 3.88. The number of aromatic nitrogens is 2. The van der Waals surface area contributed by atoms with Gasteiger partial charge in [-0.2, -0.15) is 0 Å². The number of para-hydroxylation sites is 1. The highest BCUT2D eigenvalue weighted by Gasteiger charge is 2.26. The number of rotatable bonds is 6. The summed E-state index contributed by atoms with van der Waals surface area (Å²) in [5.74, 6) is -0.169. The molecule has 0 radical (unpaired) electrons. The number of fused-ring (bicyclic) bond motifs is 1. The highest BCUT2D eigenvalue weighted by Crippen LogP contribution is 2.27. The molecule has 5 nitrogen and oxygen atoms in total. The van der Waals surface area contributed by atoms with Crippen molar-refractivity contribution in [2.45, 2.75) is 39.2 Å². The SMILES string of the molecule is CCCC(=O)N(C)C(CC)c1nc2ccccc2c(=O)n1-c1ccc(F)c(Cl)c1. The quantitative estimate of drug-likeness (QED) is 0.576. The molecule has 1 heterocycles. The third-order valence-electron chi connectivity index (χ3n) is 4.97. The topological polar surface area (TPSA) is 55.2 Å². The summed E-state index contributed by atoms with van der Waals surface area (Å²) in [5, 5.41) is 0.353. The summed E-state index contributed by atoms with van der Waals surface area (Å²) in [6, 6.07) is 10.7. The largest absolute Gasteiger partial charge is 0.336 e. The van der Waals surface area contributed by atoms with Crippen molar-refractivity contribution in [1.29, 1.82) is 0 Å². The number of halogens is 2. The van der Waals surface area contributed by atoms with Crippen LogP contribution in [0, 0.1) is 5.82 Å². The lowest BCUT2D eigenvalue weighted by Gasteiger charge is -2.29. The summed E-state index contributed by atoms with van der Waals surface area (Å²) in [5.41, 5.74) is 0.666. The Labute approximate surface area is 173 Å². The fraction of sp³-hybridized carbons (Fsp3) is 0.318. The second kappa shape index (κ2) is 8.74. The summed E-state index contributed by atoms with van der Waals surface area (Å²) < 4.78 is 15.2. The number of hydrogen-bond donors (Lipinski definition) is 0. The van der Waals surface area contributed by atoms with Crippen LogP contribution in [-0.2, 0) is 4.79 Å². The van der Waals surface area contributed by atoms with Gasteiger partial charge in [0.05, 0.1) is 27.7 Å². The molecule has 3 rings (SSSR count). The van der Waals surface area contributed by atoms with E-state index in [1.807, 2.05) is 19.9 Å². The Morgan fingerprint density at radius 1 is 1.24 bits per heavy atom. The third kappa shape index (κ3) is 4.03. The zero-order chi connectivity index (χ0) is 21.1. The summed E-state index contributed by atoms with van der Waals surface area (Å²) in [4.78, 5) is 32.3. The number of nitrogens with zero attached hydrogens (tertiary/aromatic N) is 3. The molecule has 0 aliphatic heterocycles. The maximum atomic E-state index is 13.7. The molecular weight excluding hydrogens is 393 g/mol. The second-order valence-electron chi connectivity index (χ2n) is 6.90. The summed E-state index contributed by atoms with van der Waals surface area (Å²) in [6.07, 6.45) is 1.70. The Morgan fingerprint density at radius 3 is 2.62 bits per heavy atom. The van der Waals surface area contributed by atoms with Gasteiger partial charge < -0.3 is 4.90 Å². The van der Waals surface area contributed by atoms with Crippen molar-refractivity contribution in [2.24, 2.45) is 0 Å². The molecule has 0 saturated heterocycles. The Balaban J connectivity index is 2.30. The van der Waals surface area contributed by atoms with Crippen molar-refractivity contribution in [1.82, 2.24) is 14.5 Å². The van der Waals surface area contributed by atoms with Crippen molar-refractivity contribution in [3.63, 3.8) is 0 Å². The molecule has 7 heteroatoms. The molecule has 0 aliphatic carbocycles. The Morgan fingerprint density at radius 2 is 1.97 bits per heavy atom. The van der Waals surface area contributed by atoms with Gasteiger partial charge in [-0.1, -0.05) is 37.6 Å². The maximum absolute atomic E-state index is 13.7. The molecule has 0 spiro atoms. The number of benzene rings is 2. The van der Waals surface area contributed by atoms with Crippen LogP contribution < -0.4 is 5.56 Å². The first-order valence-corrected chi connectivity index (χ1v) is 9.99. The first kappa shape index (κ1) is 21.0. The van der Waals surface area contributed by atoms with Gasteiger partial charge in [0, 0.05) is 13.5 Å². The molecule has 0 aliphatic rings. The van der Waals surface area contributed by atoms with E-state index in [-0.39, 0.29) is 16.5 Å². The van der Waals surface area contributed by atoms with Crippen LogP contribution in [0.15, 0.2) is 47.3 Å². The van der Waals surface area contributed by atoms with Crippen LogP contribution in [-0.4, -0.2) is 27.4 Å². The van der Waals surface area contributed by atoms with Gasteiger partial charge >= 0.3 is 0 Å². The van der Waals surface area contributed by atoms with Gasteiger partial charge in [0.1, 0.15) is 11.6 Å². The van der Waals surface area contributed by atoms with Gasteiger partial charge in [0.25, 0.3) is 5.56 Å². The minimum absolute atomic E-state index is 0.0227. The first-order chi connectivity index (χ1) is 13.9. The first-order valence-electron chi connectivity index (χ1n) is 9.61.